The smallest absolute Gasteiger partial charge is 0.249 e. The summed E-state index contributed by atoms with van der Waals surface area (Å²) in [5.74, 6) is -0.222. The third kappa shape index (κ3) is 4.58. The highest BCUT2D eigenvalue weighted by Gasteiger charge is 2.15. The molecule has 0 spiro atoms. The number of anilines is 1. The van der Waals surface area contributed by atoms with E-state index in [0.717, 1.165) is 22.4 Å². The molecular formula is C21H24N2OS. The maximum atomic E-state index is 12.2. The van der Waals surface area contributed by atoms with Gasteiger partial charge in [0.15, 0.2) is 0 Å². The molecule has 1 N–H and O–H groups in total. The highest BCUT2D eigenvalue weighted by Crippen LogP contribution is 2.32. The van der Waals surface area contributed by atoms with Gasteiger partial charge in [0.25, 0.3) is 0 Å². The van der Waals surface area contributed by atoms with E-state index in [2.05, 4.69) is 44.3 Å². The topological polar surface area (TPSA) is 52.9 Å². The van der Waals surface area contributed by atoms with E-state index in [1.54, 1.807) is 6.08 Å². The van der Waals surface area contributed by atoms with E-state index < -0.39 is 0 Å². The normalized spacial score (nSPS) is 11.5. The summed E-state index contributed by atoms with van der Waals surface area (Å²) in [4.78, 5) is 13.3. The molecule has 1 aromatic carbocycles. The summed E-state index contributed by atoms with van der Waals surface area (Å²) < 4.78 is 0. The molecule has 2 rings (SSSR count). The summed E-state index contributed by atoms with van der Waals surface area (Å²) in [6.45, 7) is 10.5. The van der Waals surface area contributed by atoms with Crippen molar-refractivity contribution in [2.75, 3.05) is 5.32 Å². The predicted octanol–water partition coefficient (Wildman–Crippen LogP) is 5.44. The van der Waals surface area contributed by atoms with Crippen LogP contribution in [0.15, 0.2) is 30.3 Å². The molecule has 0 unspecified atom stereocenters. The van der Waals surface area contributed by atoms with Crippen LogP contribution in [0, 0.1) is 18.3 Å². The first-order valence-corrected chi connectivity index (χ1v) is 9.20. The average Bonchev–Trinajstić information content (AvgIpc) is 2.86. The summed E-state index contributed by atoms with van der Waals surface area (Å²) >= 11 is 1.46. The molecule has 0 saturated carbocycles. The second-order valence-corrected chi connectivity index (χ2v) is 8.23. The van der Waals surface area contributed by atoms with Gasteiger partial charge in [-0.25, -0.2) is 0 Å². The third-order valence-corrected chi connectivity index (χ3v) is 5.18. The number of nitriles is 1. The van der Waals surface area contributed by atoms with Gasteiger partial charge in [0.05, 0.1) is 5.56 Å². The lowest BCUT2D eigenvalue weighted by molar-refractivity contribution is -0.111. The number of benzene rings is 1. The lowest BCUT2D eigenvalue weighted by Gasteiger charge is -2.18. The van der Waals surface area contributed by atoms with Gasteiger partial charge < -0.3 is 5.32 Å². The van der Waals surface area contributed by atoms with Crippen molar-refractivity contribution >= 4 is 28.3 Å². The predicted molar refractivity (Wildman–Crippen MR) is 106 cm³/mol. The van der Waals surface area contributed by atoms with Crippen molar-refractivity contribution in [1.82, 2.24) is 0 Å². The quantitative estimate of drug-likeness (QED) is 0.745. The zero-order valence-electron chi connectivity index (χ0n) is 15.4. The van der Waals surface area contributed by atoms with Crippen molar-refractivity contribution < 1.29 is 4.79 Å². The van der Waals surface area contributed by atoms with Crippen LogP contribution in [0.4, 0.5) is 5.00 Å². The van der Waals surface area contributed by atoms with Crippen molar-refractivity contribution in [3.63, 3.8) is 0 Å². The Labute approximate surface area is 154 Å². The van der Waals surface area contributed by atoms with Crippen molar-refractivity contribution in [3.8, 4) is 6.07 Å². The molecule has 130 valence electrons. The molecule has 0 atom stereocenters. The van der Waals surface area contributed by atoms with Gasteiger partial charge in [-0.15, -0.1) is 11.3 Å². The fraction of sp³-hybridized carbons (Fsp3) is 0.333. The fourth-order valence-corrected chi connectivity index (χ4v) is 3.73. The Morgan fingerprint density at radius 1 is 1.28 bits per heavy atom. The standard InChI is InChI=1S/C21H24N2OS/c1-6-17-14(2)25-20(18(17)13-22)23-19(24)12-9-15-7-10-16(11-8-15)21(3,4)5/h7-12H,6H2,1-5H3,(H,23,24). The molecule has 0 saturated heterocycles. The van der Waals surface area contributed by atoms with Gasteiger partial charge >= 0.3 is 0 Å². The Bertz CT molecular complexity index is 831. The molecule has 1 aromatic heterocycles. The van der Waals surface area contributed by atoms with Gasteiger partial charge in [-0.05, 0) is 41.5 Å². The molecule has 4 heteroatoms. The first kappa shape index (κ1) is 19.0. The van der Waals surface area contributed by atoms with Crippen LogP contribution in [0.2, 0.25) is 0 Å². The molecule has 0 fully saturated rings. The zero-order valence-corrected chi connectivity index (χ0v) is 16.3. The van der Waals surface area contributed by atoms with Crippen LogP contribution in [0.5, 0.6) is 0 Å². The molecule has 1 amide bonds. The second-order valence-electron chi connectivity index (χ2n) is 7.00. The number of aryl methyl sites for hydroxylation is 1. The van der Waals surface area contributed by atoms with Crippen LogP contribution >= 0.6 is 11.3 Å². The van der Waals surface area contributed by atoms with E-state index in [-0.39, 0.29) is 11.3 Å². The number of nitrogens with zero attached hydrogens (tertiary/aromatic N) is 1. The van der Waals surface area contributed by atoms with E-state index in [9.17, 15) is 10.1 Å². The van der Waals surface area contributed by atoms with Crippen LogP contribution in [-0.2, 0) is 16.6 Å². The molecule has 3 nitrogen and oxygen atoms in total. The molecule has 1 heterocycles. The van der Waals surface area contributed by atoms with E-state index >= 15 is 0 Å². The Balaban J connectivity index is 2.10. The Kier molecular flexibility index (Phi) is 5.81. The average molecular weight is 353 g/mol. The van der Waals surface area contributed by atoms with Crippen molar-refractivity contribution in [2.24, 2.45) is 0 Å². The lowest BCUT2D eigenvalue weighted by atomic mass is 9.87. The summed E-state index contributed by atoms with van der Waals surface area (Å²) in [6.07, 6.45) is 4.08. The summed E-state index contributed by atoms with van der Waals surface area (Å²) in [6, 6.07) is 10.4. The van der Waals surface area contributed by atoms with Crippen molar-refractivity contribution in [3.05, 3.63) is 57.5 Å². The number of nitrogens with one attached hydrogen (secondary N) is 1. The second kappa shape index (κ2) is 7.67. The minimum atomic E-state index is -0.222. The van der Waals surface area contributed by atoms with Crippen LogP contribution in [0.1, 0.15) is 54.8 Å². The summed E-state index contributed by atoms with van der Waals surface area (Å²) in [5, 5.41) is 12.8. The van der Waals surface area contributed by atoms with Gasteiger partial charge in [-0.3, -0.25) is 4.79 Å². The molecule has 0 bridgehead atoms. The van der Waals surface area contributed by atoms with Gasteiger partial charge in [-0.2, -0.15) is 5.26 Å². The van der Waals surface area contributed by atoms with Gasteiger partial charge in [0, 0.05) is 11.0 Å². The van der Waals surface area contributed by atoms with Gasteiger partial charge in [0.2, 0.25) is 5.91 Å². The number of hydrogen-bond donors (Lipinski definition) is 1. The number of rotatable bonds is 4. The Morgan fingerprint density at radius 3 is 2.44 bits per heavy atom. The van der Waals surface area contributed by atoms with E-state index in [0.29, 0.717) is 10.6 Å². The first-order chi connectivity index (χ1) is 11.8. The van der Waals surface area contributed by atoms with E-state index in [1.807, 2.05) is 26.0 Å². The van der Waals surface area contributed by atoms with E-state index in [1.165, 1.54) is 23.0 Å². The maximum Gasteiger partial charge on any atom is 0.249 e. The molecule has 0 radical (unpaired) electrons. The Morgan fingerprint density at radius 2 is 1.92 bits per heavy atom. The minimum Gasteiger partial charge on any atom is -0.313 e. The van der Waals surface area contributed by atoms with Crippen molar-refractivity contribution in [2.45, 2.75) is 46.5 Å². The lowest BCUT2D eigenvalue weighted by Crippen LogP contribution is -2.10. The molecule has 0 aliphatic carbocycles. The molecular weight excluding hydrogens is 328 g/mol. The molecule has 0 aliphatic heterocycles. The first-order valence-electron chi connectivity index (χ1n) is 8.38. The van der Waals surface area contributed by atoms with Crippen LogP contribution < -0.4 is 5.32 Å². The van der Waals surface area contributed by atoms with Gasteiger partial charge in [0.1, 0.15) is 11.1 Å². The minimum absolute atomic E-state index is 0.112. The number of amides is 1. The molecule has 0 aliphatic rings. The highest BCUT2D eigenvalue weighted by atomic mass is 32.1. The van der Waals surface area contributed by atoms with Crippen LogP contribution in [0.3, 0.4) is 0 Å². The molecule has 2 aromatic rings. The number of hydrogen-bond acceptors (Lipinski definition) is 3. The third-order valence-electron chi connectivity index (χ3n) is 4.11. The van der Waals surface area contributed by atoms with Crippen molar-refractivity contribution in [1.29, 1.82) is 5.26 Å². The largest absolute Gasteiger partial charge is 0.313 e. The maximum absolute atomic E-state index is 12.2. The SMILES string of the molecule is CCc1c(C)sc(NC(=O)C=Cc2ccc(C(C)(C)C)cc2)c1C#N. The van der Waals surface area contributed by atoms with Gasteiger partial charge in [-0.1, -0.05) is 52.0 Å². The fourth-order valence-electron chi connectivity index (χ4n) is 2.63. The number of carbonyl (C=O) groups is 1. The molecule has 25 heavy (non-hydrogen) atoms. The number of carbonyl (C=O) groups excluding carboxylic acids is 1. The van der Waals surface area contributed by atoms with E-state index in [4.69, 9.17) is 0 Å². The Hall–Kier alpha value is -2.38. The monoisotopic (exact) mass is 352 g/mol. The van der Waals surface area contributed by atoms with Crippen LogP contribution in [-0.4, -0.2) is 5.91 Å². The summed E-state index contributed by atoms with van der Waals surface area (Å²) in [5.41, 5.74) is 3.95. The summed E-state index contributed by atoms with van der Waals surface area (Å²) in [7, 11) is 0. The zero-order chi connectivity index (χ0) is 18.6. The van der Waals surface area contributed by atoms with Crippen LogP contribution in [0.25, 0.3) is 6.08 Å². The number of thiophene rings is 1. The highest BCUT2D eigenvalue weighted by molar-refractivity contribution is 7.16.